The lowest BCUT2D eigenvalue weighted by molar-refractivity contribution is 0.412. The van der Waals surface area contributed by atoms with Crippen LogP contribution in [0.1, 0.15) is 31.2 Å². The number of hydrogen-bond acceptors (Lipinski definition) is 3. The Kier molecular flexibility index (Phi) is 3.49. The Labute approximate surface area is 132 Å². The molecule has 2 heterocycles. The molecule has 0 aromatic heterocycles. The van der Waals surface area contributed by atoms with E-state index in [-0.39, 0.29) is 0 Å². The average molecular weight is 293 g/mol. The highest BCUT2D eigenvalue weighted by Crippen LogP contribution is 2.43. The zero-order valence-electron chi connectivity index (χ0n) is 13.1. The molecule has 1 aromatic rings. The van der Waals surface area contributed by atoms with E-state index >= 15 is 0 Å². The lowest BCUT2D eigenvalue weighted by Gasteiger charge is -2.35. The molecule has 2 atom stereocenters. The molecule has 22 heavy (non-hydrogen) atoms. The van der Waals surface area contributed by atoms with E-state index in [4.69, 9.17) is 0 Å². The Hall–Kier alpha value is -2.03. The van der Waals surface area contributed by atoms with Gasteiger partial charge in [-0.25, -0.2) is 0 Å². The highest BCUT2D eigenvalue weighted by atomic mass is 15.3. The van der Waals surface area contributed by atoms with E-state index < -0.39 is 0 Å². The number of nitrogens with zero attached hydrogens (tertiary/aromatic N) is 2. The third-order valence-corrected chi connectivity index (χ3v) is 4.93. The van der Waals surface area contributed by atoms with Crippen molar-refractivity contribution in [1.29, 1.82) is 0 Å². The van der Waals surface area contributed by atoms with Crippen LogP contribution in [0.5, 0.6) is 0 Å². The maximum absolute atomic E-state index is 4.35. The van der Waals surface area contributed by atoms with Gasteiger partial charge in [0.1, 0.15) is 6.17 Å². The second-order valence-corrected chi connectivity index (χ2v) is 6.49. The fourth-order valence-electron chi connectivity index (χ4n) is 3.78. The molecule has 2 unspecified atom stereocenters. The maximum Gasteiger partial charge on any atom is 0.107 e. The lowest BCUT2D eigenvalue weighted by atomic mass is 9.90. The Morgan fingerprint density at radius 3 is 3.00 bits per heavy atom. The number of benzene rings is 1. The van der Waals surface area contributed by atoms with Gasteiger partial charge in [-0.1, -0.05) is 18.2 Å². The average Bonchev–Trinajstić information content (AvgIpc) is 2.95. The van der Waals surface area contributed by atoms with Crippen LogP contribution in [0.25, 0.3) is 0 Å². The third-order valence-electron chi connectivity index (χ3n) is 4.93. The van der Waals surface area contributed by atoms with E-state index in [2.05, 4.69) is 58.6 Å². The number of aliphatic imine (C=N–C) groups is 1. The Morgan fingerprint density at radius 2 is 2.23 bits per heavy atom. The normalized spacial score (nSPS) is 26.6. The Morgan fingerprint density at radius 1 is 1.27 bits per heavy atom. The topological polar surface area (TPSA) is 27.6 Å². The monoisotopic (exact) mass is 293 g/mol. The number of hydrogen-bond donors (Lipinski definition) is 1. The van der Waals surface area contributed by atoms with E-state index in [0.717, 1.165) is 13.0 Å². The smallest absolute Gasteiger partial charge is 0.107 e. The quantitative estimate of drug-likeness (QED) is 0.825. The number of dihydropyridines is 1. The van der Waals surface area contributed by atoms with Gasteiger partial charge in [-0.15, -0.1) is 0 Å². The van der Waals surface area contributed by atoms with Crippen LogP contribution in [0, 0.1) is 12.8 Å². The molecule has 1 aliphatic carbocycles. The van der Waals surface area contributed by atoms with E-state index in [1.807, 2.05) is 6.21 Å². The highest BCUT2D eigenvalue weighted by molar-refractivity contribution is 5.82. The van der Waals surface area contributed by atoms with Crippen molar-refractivity contribution < 1.29 is 0 Å². The second kappa shape index (κ2) is 5.64. The third kappa shape index (κ3) is 2.35. The summed E-state index contributed by atoms with van der Waals surface area (Å²) in [4.78, 5) is 6.89. The fraction of sp³-hybridized carbons (Fsp3) is 0.421. The van der Waals surface area contributed by atoms with Gasteiger partial charge < -0.3 is 10.2 Å². The number of aryl methyl sites for hydroxylation is 1. The largest absolute Gasteiger partial charge is 0.363 e. The first-order chi connectivity index (χ1) is 10.8. The molecule has 2 aliphatic heterocycles. The molecule has 4 rings (SSSR count). The maximum atomic E-state index is 4.35. The zero-order valence-corrected chi connectivity index (χ0v) is 13.1. The van der Waals surface area contributed by atoms with Crippen molar-refractivity contribution in [3.8, 4) is 0 Å². The first-order valence-corrected chi connectivity index (χ1v) is 8.33. The first kappa shape index (κ1) is 13.6. The van der Waals surface area contributed by atoms with Crippen LogP contribution in [0.15, 0.2) is 47.1 Å². The number of anilines is 2. The van der Waals surface area contributed by atoms with Crippen molar-refractivity contribution in [2.45, 2.75) is 38.8 Å². The summed E-state index contributed by atoms with van der Waals surface area (Å²) >= 11 is 0. The molecule has 1 N–H and O–H groups in total. The molecule has 0 fully saturated rings. The van der Waals surface area contributed by atoms with Gasteiger partial charge in [-0.3, -0.25) is 4.99 Å². The predicted octanol–water partition coefficient (Wildman–Crippen LogP) is 4.27. The summed E-state index contributed by atoms with van der Waals surface area (Å²) in [7, 11) is 0. The Bertz CT molecular complexity index is 657. The van der Waals surface area contributed by atoms with Crippen LogP contribution >= 0.6 is 0 Å². The molecule has 0 spiro atoms. The van der Waals surface area contributed by atoms with Crippen molar-refractivity contribution in [1.82, 2.24) is 0 Å². The van der Waals surface area contributed by atoms with E-state index in [1.165, 1.54) is 41.9 Å². The molecule has 0 radical (unpaired) electrons. The van der Waals surface area contributed by atoms with Crippen LogP contribution in [0.4, 0.5) is 11.4 Å². The number of rotatable bonds is 2. The van der Waals surface area contributed by atoms with E-state index in [0.29, 0.717) is 12.1 Å². The van der Waals surface area contributed by atoms with Crippen LogP contribution in [-0.2, 0) is 0 Å². The molecule has 0 amide bonds. The molecule has 0 saturated carbocycles. The summed E-state index contributed by atoms with van der Waals surface area (Å²) in [5.41, 5.74) is 5.32. The van der Waals surface area contributed by atoms with Crippen LogP contribution in [0.3, 0.4) is 0 Å². The Balaban J connectivity index is 1.73. The molecule has 3 aliphatic rings. The summed E-state index contributed by atoms with van der Waals surface area (Å²) in [6, 6.07) is 6.74. The van der Waals surface area contributed by atoms with Crippen LogP contribution in [-0.4, -0.2) is 18.9 Å². The molecular weight excluding hydrogens is 270 g/mol. The SMILES string of the molecule is Cc1ccc2c(c1)N(C1=CC=NCC1)C(C1CC=CCC1)N2. The molecule has 3 heteroatoms. The number of fused-ring (bicyclic) bond motifs is 1. The standard InChI is InChI=1S/C19H23N3/c1-14-7-8-17-18(13-14)22(16-9-11-20-12-10-16)19(21-17)15-5-3-2-4-6-15/h2-3,7-9,11,13,15,19,21H,4-6,10,12H2,1H3. The van der Waals surface area contributed by atoms with Gasteiger partial charge in [0.2, 0.25) is 0 Å². The van der Waals surface area contributed by atoms with Gasteiger partial charge in [0.15, 0.2) is 0 Å². The minimum atomic E-state index is 0.375. The summed E-state index contributed by atoms with van der Waals surface area (Å²) in [5.74, 6) is 0.664. The molecule has 0 saturated heterocycles. The summed E-state index contributed by atoms with van der Waals surface area (Å²) in [6.45, 7) is 3.08. The van der Waals surface area contributed by atoms with Gasteiger partial charge in [0, 0.05) is 30.8 Å². The van der Waals surface area contributed by atoms with Crippen molar-refractivity contribution in [3.63, 3.8) is 0 Å². The molecule has 1 aromatic carbocycles. The van der Waals surface area contributed by atoms with Gasteiger partial charge in [-0.2, -0.15) is 0 Å². The lowest BCUT2D eigenvalue weighted by Crippen LogP contribution is -2.42. The molecule has 0 bridgehead atoms. The fourth-order valence-corrected chi connectivity index (χ4v) is 3.78. The number of nitrogens with one attached hydrogen (secondary N) is 1. The van der Waals surface area contributed by atoms with Crippen molar-refractivity contribution in [3.05, 3.63) is 47.7 Å². The van der Waals surface area contributed by atoms with Crippen molar-refractivity contribution >= 4 is 17.6 Å². The van der Waals surface area contributed by atoms with E-state index in [9.17, 15) is 0 Å². The van der Waals surface area contributed by atoms with Crippen molar-refractivity contribution in [2.75, 3.05) is 16.8 Å². The van der Waals surface area contributed by atoms with Gasteiger partial charge in [0.25, 0.3) is 0 Å². The predicted molar refractivity (Wildman–Crippen MR) is 93.6 cm³/mol. The summed E-state index contributed by atoms with van der Waals surface area (Å²) < 4.78 is 0. The molecule has 114 valence electrons. The van der Waals surface area contributed by atoms with Gasteiger partial charge in [0.05, 0.1) is 11.4 Å². The van der Waals surface area contributed by atoms with E-state index in [1.54, 1.807) is 0 Å². The first-order valence-electron chi connectivity index (χ1n) is 8.33. The van der Waals surface area contributed by atoms with Crippen LogP contribution in [0.2, 0.25) is 0 Å². The minimum absolute atomic E-state index is 0.375. The zero-order chi connectivity index (χ0) is 14.9. The minimum Gasteiger partial charge on any atom is -0.363 e. The molecule has 3 nitrogen and oxygen atoms in total. The van der Waals surface area contributed by atoms with Gasteiger partial charge in [-0.05, 0) is 50.0 Å². The highest BCUT2D eigenvalue weighted by Gasteiger charge is 2.36. The van der Waals surface area contributed by atoms with Crippen molar-refractivity contribution in [2.24, 2.45) is 10.9 Å². The molecular formula is C19H23N3. The van der Waals surface area contributed by atoms with Crippen LogP contribution < -0.4 is 10.2 Å². The second-order valence-electron chi connectivity index (χ2n) is 6.49. The summed E-state index contributed by atoms with van der Waals surface area (Å²) in [5, 5.41) is 3.79. The summed E-state index contributed by atoms with van der Waals surface area (Å²) in [6.07, 6.45) is 13.9. The number of allylic oxidation sites excluding steroid dienone is 3. The van der Waals surface area contributed by atoms with Gasteiger partial charge >= 0.3 is 0 Å².